The average molecular weight is 370 g/mol. The van der Waals surface area contributed by atoms with Crippen LogP contribution < -0.4 is 5.32 Å². The fourth-order valence-electron chi connectivity index (χ4n) is 2.06. The summed E-state index contributed by atoms with van der Waals surface area (Å²) in [6, 6.07) is 8.18. The molecule has 1 aliphatic rings. The van der Waals surface area contributed by atoms with Crippen molar-refractivity contribution in [1.82, 2.24) is 15.5 Å². The number of morpholine rings is 1. The first-order chi connectivity index (χ1) is 10.3. The monoisotopic (exact) mass is 369 g/mol. The van der Waals surface area contributed by atoms with Gasteiger partial charge >= 0.3 is 0 Å². The maximum atomic E-state index is 5.63. The van der Waals surface area contributed by atoms with Gasteiger partial charge in [0.1, 0.15) is 0 Å². The fourth-order valence-corrected chi connectivity index (χ4v) is 3.06. The third-order valence-electron chi connectivity index (χ3n) is 3.10. The summed E-state index contributed by atoms with van der Waals surface area (Å²) in [6.07, 6.45) is 0.800. The van der Waals surface area contributed by atoms with Crippen molar-refractivity contribution in [2.75, 3.05) is 19.7 Å². The van der Waals surface area contributed by atoms with Crippen LogP contribution in [-0.4, -0.2) is 35.9 Å². The minimum atomic E-state index is 0.131. The molecule has 21 heavy (non-hydrogen) atoms. The molecule has 7 heteroatoms. The minimum absolute atomic E-state index is 0.131. The summed E-state index contributed by atoms with van der Waals surface area (Å²) in [4.78, 5) is 5.61. The van der Waals surface area contributed by atoms with Gasteiger partial charge in [0.15, 0.2) is 5.82 Å². The predicted octanol–water partition coefficient (Wildman–Crippen LogP) is 2.66. The number of hydrogen-bond acceptors (Lipinski definition) is 6. The lowest BCUT2D eigenvalue weighted by Gasteiger charge is -2.21. The van der Waals surface area contributed by atoms with Gasteiger partial charge < -0.3 is 14.6 Å². The van der Waals surface area contributed by atoms with E-state index < -0.39 is 0 Å². The van der Waals surface area contributed by atoms with Gasteiger partial charge in [-0.1, -0.05) is 21.1 Å². The Bertz CT molecular complexity index is 570. The molecule has 1 aliphatic heterocycles. The second-order valence-electron chi connectivity index (χ2n) is 4.75. The van der Waals surface area contributed by atoms with Crippen molar-refractivity contribution >= 4 is 27.7 Å². The molecule has 1 saturated heterocycles. The molecule has 2 aromatic rings. The van der Waals surface area contributed by atoms with Gasteiger partial charge in [-0.2, -0.15) is 4.98 Å². The summed E-state index contributed by atoms with van der Waals surface area (Å²) in [6.45, 7) is 2.49. The molecular weight excluding hydrogens is 354 g/mol. The van der Waals surface area contributed by atoms with Crippen LogP contribution in [0, 0.1) is 0 Å². The number of halogens is 1. The zero-order valence-electron chi connectivity index (χ0n) is 11.4. The van der Waals surface area contributed by atoms with E-state index in [4.69, 9.17) is 9.26 Å². The van der Waals surface area contributed by atoms with Crippen molar-refractivity contribution < 1.29 is 9.26 Å². The van der Waals surface area contributed by atoms with E-state index in [1.54, 1.807) is 11.8 Å². The average Bonchev–Trinajstić information content (AvgIpc) is 2.95. The molecule has 1 fully saturated rings. The van der Waals surface area contributed by atoms with Gasteiger partial charge in [0, 0.05) is 22.5 Å². The highest BCUT2D eigenvalue weighted by Gasteiger charge is 2.17. The Morgan fingerprint density at radius 1 is 1.33 bits per heavy atom. The standard InChI is InChI=1S/C14H16BrN3O2S/c15-10-1-3-12(4-2-10)21-9-13-17-14(20-18-13)7-11-8-16-5-6-19-11/h1-4,11,16H,5-9H2. The Morgan fingerprint density at radius 3 is 2.95 bits per heavy atom. The molecule has 0 amide bonds. The fraction of sp³-hybridized carbons (Fsp3) is 0.429. The highest BCUT2D eigenvalue weighted by atomic mass is 79.9. The number of benzene rings is 1. The summed E-state index contributed by atoms with van der Waals surface area (Å²) in [5, 5.41) is 7.31. The molecule has 0 aliphatic carbocycles. The van der Waals surface area contributed by atoms with Gasteiger partial charge in [0.05, 0.1) is 24.9 Å². The molecule has 5 nitrogen and oxygen atoms in total. The molecule has 112 valence electrons. The molecule has 0 bridgehead atoms. The maximum Gasteiger partial charge on any atom is 0.229 e. The first kappa shape index (κ1) is 15.0. The Balaban J connectivity index is 1.51. The summed E-state index contributed by atoms with van der Waals surface area (Å²) < 4.78 is 12.0. The van der Waals surface area contributed by atoms with Gasteiger partial charge in [0.25, 0.3) is 0 Å². The van der Waals surface area contributed by atoms with E-state index in [0.717, 1.165) is 30.0 Å². The first-order valence-corrected chi connectivity index (χ1v) is 8.59. The van der Waals surface area contributed by atoms with E-state index in [-0.39, 0.29) is 6.10 Å². The lowest BCUT2D eigenvalue weighted by molar-refractivity contribution is 0.0246. The van der Waals surface area contributed by atoms with E-state index in [1.165, 1.54) is 4.90 Å². The summed E-state index contributed by atoms with van der Waals surface area (Å²) in [5.74, 6) is 2.08. The first-order valence-electron chi connectivity index (χ1n) is 6.82. The summed E-state index contributed by atoms with van der Waals surface area (Å²) in [7, 11) is 0. The van der Waals surface area contributed by atoms with Crippen LogP contribution in [0.15, 0.2) is 38.2 Å². The third kappa shape index (κ3) is 4.54. The normalized spacial score (nSPS) is 18.8. The Labute approximate surface area is 136 Å². The largest absolute Gasteiger partial charge is 0.375 e. The van der Waals surface area contributed by atoms with E-state index >= 15 is 0 Å². The molecule has 1 atom stereocenters. The van der Waals surface area contributed by atoms with Crippen molar-refractivity contribution in [3.05, 3.63) is 40.5 Å². The van der Waals surface area contributed by atoms with Crippen LogP contribution in [0.4, 0.5) is 0 Å². The second kappa shape index (κ2) is 7.40. The molecule has 0 radical (unpaired) electrons. The van der Waals surface area contributed by atoms with Crippen molar-refractivity contribution in [2.24, 2.45) is 0 Å². The third-order valence-corrected chi connectivity index (χ3v) is 4.64. The molecular formula is C14H16BrN3O2S. The molecule has 1 unspecified atom stereocenters. The number of nitrogens with one attached hydrogen (secondary N) is 1. The molecule has 0 spiro atoms. The number of nitrogens with zero attached hydrogens (tertiary/aromatic N) is 2. The number of hydrogen-bond donors (Lipinski definition) is 1. The molecule has 1 N–H and O–H groups in total. The van der Waals surface area contributed by atoms with E-state index in [1.807, 2.05) is 12.1 Å². The second-order valence-corrected chi connectivity index (χ2v) is 6.71. The van der Waals surface area contributed by atoms with Crippen LogP contribution >= 0.6 is 27.7 Å². The Morgan fingerprint density at radius 2 is 2.19 bits per heavy atom. The van der Waals surface area contributed by atoms with Crippen LogP contribution in [0.1, 0.15) is 11.7 Å². The van der Waals surface area contributed by atoms with Crippen LogP contribution in [-0.2, 0) is 16.9 Å². The smallest absolute Gasteiger partial charge is 0.229 e. The van der Waals surface area contributed by atoms with E-state index in [2.05, 4.69) is 43.5 Å². The van der Waals surface area contributed by atoms with Crippen LogP contribution in [0.3, 0.4) is 0 Å². The molecule has 1 aromatic carbocycles. The summed E-state index contributed by atoms with van der Waals surface area (Å²) >= 11 is 5.12. The zero-order chi connectivity index (χ0) is 14.5. The van der Waals surface area contributed by atoms with Gasteiger partial charge in [-0.3, -0.25) is 0 Å². The summed E-state index contributed by atoms with van der Waals surface area (Å²) in [5.41, 5.74) is 0. The lowest BCUT2D eigenvalue weighted by atomic mass is 10.2. The number of thioether (sulfide) groups is 1. The van der Waals surface area contributed by atoms with Crippen LogP contribution in [0.5, 0.6) is 0 Å². The van der Waals surface area contributed by atoms with Crippen molar-refractivity contribution in [3.63, 3.8) is 0 Å². The molecule has 3 rings (SSSR count). The SMILES string of the molecule is Brc1ccc(SCc2noc(CC3CNCCO3)n2)cc1. The number of rotatable bonds is 5. The number of aromatic nitrogens is 2. The topological polar surface area (TPSA) is 60.2 Å². The van der Waals surface area contributed by atoms with Crippen molar-refractivity contribution in [2.45, 2.75) is 23.2 Å². The van der Waals surface area contributed by atoms with Crippen molar-refractivity contribution in [1.29, 1.82) is 0 Å². The van der Waals surface area contributed by atoms with Gasteiger partial charge in [-0.15, -0.1) is 11.8 Å². The van der Waals surface area contributed by atoms with Crippen LogP contribution in [0.2, 0.25) is 0 Å². The quantitative estimate of drug-likeness (QED) is 0.817. The highest BCUT2D eigenvalue weighted by molar-refractivity contribution is 9.10. The minimum Gasteiger partial charge on any atom is -0.375 e. The predicted molar refractivity (Wildman–Crippen MR) is 84.3 cm³/mol. The lowest BCUT2D eigenvalue weighted by Crippen LogP contribution is -2.39. The van der Waals surface area contributed by atoms with E-state index in [0.29, 0.717) is 18.1 Å². The molecule has 2 heterocycles. The maximum absolute atomic E-state index is 5.63. The Kier molecular flexibility index (Phi) is 5.29. The van der Waals surface area contributed by atoms with Gasteiger partial charge in [-0.05, 0) is 24.3 Å². The van der Waals surface area contributed by atoms with Crippen LogP contribution in [0.25, 0.3) is 0 Å². The number of ether oxygens (including phenoxy) is 1. The van der Waals surface area contributed by atoms with Crippen molar-refractivity contribution in [3.8, 4) is 0 Å². The van der Waals surface area contributed by atoms with Gasteiger partial charge in [0.2, 0.25) is 5.89 Å². The molecule has 1 aromatic heterocycles. The highest BCUT2D eigenvalue weighted by Crippen LogP contribution is 2.23. The molecule has 0 saturated carbocycles. The Hall–Kier alpha value is -0.890. The van der Waals surface area contributed by atoms with Gasteiger partial charge in [-0.25, -0.2) is 0 Å². The zero-order valence-corrected chi connectivity index (χ0v) is 13.8. The van der Waals surface area contributed by atoms with E-state index in [9.17, 15) is 0 Å².